The summed E-state index contributed by atoms with van der Waals surface area (Å²) >= 11 is 0. The van der Waals surface area contributed by atoms with Crippen molar-refractivity contribution in [3.63, 3.8) is 0 Å². The van der Waals surface area contributed by atoms with Gasteiger partial charge in [0, 0.05) is 43.2 Å². The molecule has 1 amide bonds. The maximum absolute atomic E-state index is 11.9. The van der Waals surface area contributed by atoms with Crippen molar-refractivity contribution in [1.29, 1.82) is 0 Å². The van der Waals surface area contributed by atoms with E-state index in [1.807, 2.05) is 17.9 Å². The molecule has 124 valence electrons. The number of nitrogens with one attached hydrogen (secondary N) is 1. The summed E-state index contributed by atoms with van der Waals surface area (Å²) in [5, 5.41) is 3.15. The number of carbonyl (C=O) groups is 1. The largest absolute Gasteiger partial charge is 0.338 e. The Balaban J connectivity index is 1.80. The van der Waals surface area contributed by atoms with Gasteiger partial charge in [0.2, 0.25) is 5.91 Å². The molecule has 0 saturated carbocycles. The minimum absolute atomic E-state index is 0.0368. The average molecular weight is 324 g/mol. The predicted molar refractivity (Wildman–Crippen MR) is 90.8 cm³/mol. The van der Waals surface area contributed by atoms with E-state index in [-0.39, 0.29) is 11.8 Å². The average Bonchev–Trinajstić information content (AvgIpc) is 2.61. The lowest BCUT2D eigenvalue weighted by atomic mass is 9.97. The molecule has 2 aromatic heterocycles. The first-order valence-corrected chi connectivity index (χ1v) is 7.95. The van der Waals surface area contributed by atoms with Crippen molar-refractivity contribution >= 4 is 17.5 Å². The van der Waals surface area contributed by atoms with Crippen molar-refractivity contribution in [1.82, 2.24) is 24.8 Å². The number of hydrogen-bond donors (Lipinski definition) is 1. The van der Waals surface area contributed by atoms with E-state index in [0.717, 1.165) is 30.9 Å². The van der Waals surface area contributed by atoms with Gasteiger partial charge in [-0.05, 0) is 25.8 Å². The van der Waals surface area contributed by atoms with Crippen LogP contribution in [0.25, 0.3) is 0 Å². The highest BCUT2D eigenvalue weighted by Gasteiger charge is 2.25. The van der Waals surface area contributed by atoms with E-state index in [1.54, 1.807) is 18.6 Å². The van der Waals surface area contributed by atoms with E-state index in [0.29, 0.717) is 18.2 Å². The van der Waals surface area contributed by atoms with Crippen LogP contribution < -0.4 is 5.32 Å². The predicted octanol–water partition coefficient (Wildman–Crippen LogP) is 2.21. The van der Waals surface area contributed by atoms with Crippen molar-refractivity contribution in [2.75, 3.05) is 18.4 Å². The third-order valence-electron chi connectivity index (χ3n) is 3.96. The van der Waals surface area contributed by atoms with Gasteiger partial charge in [-0.1, -0.05) is 6.58 Å². The minimum Gasteiger partial charge on any atom is -0.338 e. The van der Waals surface area contributed by atoms with Crippen LogP contribution in [0, 0.1) is 6.92 Å². The Morgan fingerprint density at radius 1 is 1.38 bits per heavy atom. The molecule has 1 aliphatic rings. The molecule has 1 aliphatic heterocycles. The molecule has 1 saturated heterocycles. The number of nitrogens with zero attached hydrogens (tertiary/aromatic N) is 5. The topological polar surface area (TPSA) is 83.9 Å². The quantitative estimate of drug-likeness (QED) is 0.868. The molecule has 1 atom stereocenters. The molecule has 0 radical (unpaired) electrons. The SMILES string of the molecule is C=CC(=O)N1CCC[C@@H](c2nc(C)cc(Nc3cnccn3)n2)C1. The standard InChI is InChI=1S/C17H20N6O/c1-3-16(24)23-8-4-5-13(11-23)17-20-12(2)9-14(22-17)21-15-10-18-6-7-19-15/h3,6-7,9-10,13H,1,4-5,8,11H2,2H3,(H,19,20,21,22)/t13-/m1/s1. The smallest absolute Gasteiger partial charge is 0.245 e. The zero-order valence-corrected chi connectivity index (χ0v) is 13.6. The molecule has 2 aromatic rings. The first kappa shape index (κ1) is 16.0. The van der Waals surface area contributed by atoms with Crippen LogP contribution >= 0.6 is 0 Å². The molecule has 0 aliphatic carbocycles. The Kier molecular flexibility index (Phi) is 4.79. The van der Waals surface area contributed by atoms with Gasteiger partial charge in [-0.15, -0.1) is 0 Å². The Labute approximate surface area is 140 Å². The number of piperidine rings is 1. The molecule has 1 N–H and O–H groups in total. The number of amides is 1. The lowest BCUT2D eigenvalue weighted by Gasteiger charge is -2.31. The second-order valence-electron chi connectivity index (χ2n) is 5.80. The third kappa shape index (κ3) is 3.73. The van der Waals surface area contributed by atoms with Gasteiger partial charge in [-0.3, -0.25) is 9.78 Å². The lowest BCUT2D eigenvalue weighted by molar-refractivity contribution is -0.127. The number of aryl methyl sites for hydroxylation is 1. The highest BCUT2D eigenvalue weighted by molar-refractivity contribution is 5.87. The van der Waals surface area contributed by atoms with Crippen molar-refractivity contribution in [2.24, 2.45) is 0 Å². The van der Waals surface area contributed by atoms with Gasteiger partial charge >= 0.3 is 0 Å². The third-order valence-corrected chi connectivity index (χ3v) is 3.96. The maximum Gasteiger partial charge on any atom is 0.245 e. The van der Waals surface area contributed by atoms with Gasteiger partial charge in [-0.2, -0.15) is 0 Å². The van der Waals surface area contributed by atoms with Crippen LogP contribution in [-0.2, 0) is 4.79 Å². The second-order valence-corrected chi connectivity index (χ2v) is 5.80. The van der Waals surface area contributed by atoms with Gasteiger partial charge in [0.15, 0.2) is 0 Å². The summed E-state index contributed by atoms with van der Waals surface area (Å²) in [4.78, 5) is 31.1. The lowest BCUT2D eigenvalue weighted by Crippen LogP contribution is -2.38. The van der Waals surface area contributed by atoms with Gasteiger partial charge in [0.05, 0.1) is 6.20 Å². The number of hydrogen-bond acceptors (Lipinski definition) is 6. The molecular weight excluding hydrogens is 304 g/mol. The van der Waals surface area contributed by atoms with Crippen LogP contribution in [0.2, 0.25) is 0 Å². The molecular formula is C17H20N6O. The van der Waals surface area contributed by atoms with E-state index in [2.05, 4.69) is 31.8 Å². The van der Waals surface area contributed by atoms with E-state index < -0.39 is 0 Å². The normalized spacial score (nSPS) is 17.4. The monoisotopic (exact) mass is 324 g/mol. The van der Waals surface area contributed by atoms with Crippen LogP contribution in [0.3, 0.4) is 0 Å². The molecule has 3 rings (SSSR count). The molecule has 1 fully saturated rings. The Morgan fingerprint density at radius 2 is 2.25 bits per heavy atom. The summed E-state index contributed by atoms with van der Waals surface area (Å²) in [5.41, 5.74) is 0.874. The van der Waals surface area contributed by atoms with E-state index >= 15 is 0 Å². The van der Waals surface area contributed by atoms with Gasteiger partial charge < -0.3 is 10.2 Å². The van der Waals surface area contributed by atoms with Crippen LogP contribution in [0.5, 0.6) is 0 Å². The number of rotatable bonds is 4. The van der Waals surface area contributed by atoms with E-state index in [9.17, 15) is 4.79 Å². The zero-order valence-electron chi connectivity index (χ0n) is 13.6. The highest BCUT2D eigenvalue weighted by Crippen LogP contribution is 2.26. The summed E-state index contributed by atoms with van der Waals surface area (Å²) < 4.78 is 0. The van der Waals surface area contributed by atoms with Crippen LogP contribution in [0.1, 0.15) is 30.3 Å². The number of carbonyl (C=O) groups excluding carboxylic acids is 1. The molecule has 3 heterocycles. The maximum atomic E-state index is 11.9. The van der Waals surface area contributed by atoms with Crippen LogP contribution in [0.4, 0.5) is 11.6 Å². The summed E-state index contributed by atoms with van der Waals surface area (Å²) in [6.07, 6.45) is 8.15. The Hall–Kier alpha value is -2.83. The van der Waals surface area contributed by atoms with Crippen molar-refractivity contribution in [2.45, 2.75) is 25.7 Å². The molecule has 7 heteroatoms. The molecule has 7 nitrogen and oxygen atoms in total. The molecule has 24 heavy (non-hydrogen) atoms. The van der Waals surface area contributed by atoms with Crippen molar-refractivity contribution in [3.8, 4) is 0 Å². The van der Waals surface area contributed by atoms with E-state index in [1.165, 1.54) is 6.08 Å². The fourth-order valence-corrected chi connectivity index (χ4v) is 2.85. The van der Waals surface area contributed by atoms with Crippen molar-refractivity contribution < 1.29 is 4.79 Å². The van der Waals surface area contributed by atoms with Gasteiger partial charge in [-0.25, -0.2) is 15.0 Å². The summed E-state index contributed by atoms with van der Waals surface area (Å²) in [6.45, 7) is 6.88. The number of likely N-dealkylation sites (tertiary alicyclic amines) is 1. The zero-order chi connectivity index (χ0) is 16.9. The van der Waals surface area contributed by atoms with Crippen LogP contribution in [0.15, 0.2) is 37.3 Å². The number of anilines is 2. The van der Waals surface area contributed by atoms with Crippen molar-refractivity contribution in [3.05, 3.63) is 48.8 Å². The highest BCUT2D eigenvalue weighted by atomic mass is 16.2. The minimum atomic E-state index is -0.0368. The molecule has 0 unspecified atom stereocenters. The fraction of sp³-hybridized carbons (Fsp3) is 0.353. The molecule has 0 aromatic carbocycles. The number of aromatic nitrogens is 4. The second kappa shape index (κ2) is 7.16. The Bertz CT molecular complexity index is 733. The van der Waals surface area contributed by atoms with Gasteiger partial charge in [0.25, 0.3) is 0 Å². The summed E-state index contributed by atoms with van der Waals surface area (Å²) in [6, 6.07) is 1.87. The van der Waals surface area contributed by atoms with Gasteiger partial charge in [0.1, 0.15) is 17.5 Å². The molecule has 0 bridgehead atoms. The Morgan fingerprint density at radius 3 is 3.00 bits per heavy atom. The summed E-state index contributed by atoms with van der Waals surface area (Å²) in [5.74, 6) is 2.16. The van der Waals surface area contributed by atoms with E-state index in [4.69, 9.17) is 0 Å². The first-order valence-electron chi connectivity index (χ1n) is 7.95. The van der Waals surface area contributed by atoms with Crippen LogP contribution in [-0.4, -0.2) is 43.8 Å². The first-order chi connectivity index (χ1) is 11.7. The fourth-order valence-electron chi connectivity index (χ4n) is 2.85. The molecule has 0 spiro atoms. The summed E-state index contributed by atoms with van der Waals surface area (Å²) in [7, 11) is 0.